The van der Waals surface area contributed by atoms with Crippen LogP contribution in [0.3, 0.4) is 0 Å². The minimum absolute atomic E-state index is 0.0544. The van der Waals surface area contributed by atoms with Crippen LogP contribution >= 0.6 is 35.0 Å². The van der Waals surface area contributed by atoms with Crippen LogP contribution in [-0.2, 0) is 14.8 Å². The first kappa shape index (κ1) is 24.5. The van der Waals surface area contributed by atoms with Gasteiger partial charge in [-0.2, -0.15) is 0 Å². The second kappa shape index (κ2) is 11.1. The van der Waals surface area contributed by atoms with E-state index >= 15 is 0 Å². The maximum Gasteiger partial charge on any atom is 0.264 e. The molecule has 3 rings (SSSR count). The smallest absolute Gasteiger partial charge is 0.264 e. The molecule has 0 unspecified atom stereocenters. The summed E-state index contributed by atoms with van der Waals surface area (Å²) in [4.78, 5) is 13.8. The standard InChI is InChI=1S/C23H22Cl2N2O3S2/c1-17-10-12-18(13-11-17)31-15-14-26-22(28)16-27(21-9-5-8-20(24)23(21)25)32(29,30)19-6-3-2-4-7-19/h2-13H,14-16H2,1H3,(H,26,28). The lowest BCUT2D eigenvalue weighted by molar-refractivity contribution is -0.119. The van der Waals surface area contributed by atoms with E-state index in [1.54, 1.807) is 42.1 Å². The zero-order valence-electron chi connectivity index (χ0n) is 17.3. The van der Waals surface area contributed by atoms with E-state index in [2.05, 4.69) is 5.32 Å². The van der Waals surface area contributed by atoms with Crippen molar-refractivity contribution in [2.24, 2.45) is 0 Å². The van der Waals surface area contributed by atoms with E-state index in [9.17, 15) is 13.2 Å². The second-order valence-corrected chi connectivity index (χ2v) is 10.7. The first-order chi connectivity index (χ1) is 15.3. The molecule has 0 aliphatic carbocycles. The molecule has 0 aromatic heterocycles. The first-order valence-corrected chi connectivity index (χ1v) is 12.9. The topological polar surface area (TPSA) is 66.5 Å². The normalized spacial score (nSPS) is 11.2. The molecule has 168 valence electrons. The number of sulfonamides is 1. The van der Waals surface area contributed by atoms with Crippen LogP contribution in [-0.4, -0.2) is 33.2 Å². The Hall–Kier alpha value is -2.19. The van der Waals surface area contributed by atoms with Gasteiger partial charge in [0.05, 0.1) is 20.6 Å². The first-order valence-electron chi connectivity index (χ1n) is 9.77. The fourth-order valence-corrected chi connectivity index (χ4v) is 5.55. The number of halogens is 2. The van der Waals surface area contributed by atoms with Gasteiger partial charge in [-0.3, -0.25) is 9.10 Å². The Morgan fingerprint density at radius 3 is 2.34 bits per heavy atom. The van der Waals surface area contributed by atoms with Crippen molar-refractivity contribution < 1.29 is 13.2 Å². The number of amides is 1. The number of hydrogen-bond donors (Lipinski definition) is 1. The van der Waals surface area contributed by atoms with Gasteiger partial charge in [0, 0.05) is 17.2 Å². The van der Waals surface area contributed by atoms with Gasteiger partial charge in [0.25, 0.3) is 10.0 Å². The minimum atomic E-state index is -4.04. The maximum absolute atomic E-state index is 13.3. The third-order valence-corrected chi connectivity index (χ3v) is 8.13. The summed E-state index contributed by atoms with van der Waals surface area (Å²) in [5.74, 6) is 0.211. The van der Waals surface area contributed by atoms with Crippen molar-refractivity contribution in [2.45, 2.75) is 16.7 Å². The van der Waals surface area contributed by atoms with E-state index in [0.29, 0.717) is 12.3 Å². The van der Waals surface area contributed by atoms with Crippen molar-refractivity contribution in [3.05, 3.63) is 88.4 Å². The van der Waals surface area contributed by atoms with Crippen LogP contribution in [0, 0.1) is 6.92 Å². The summed E-state index contributed by atoms with van der Waals surface area (Å²) in [5, 5.41) is 3.05. The third-order valence-electron chi connectivity index (χ3n) is 4.53. The predicted octanol–water partition coefficient (Wildman–Crippen LogP) is 5.41. The molecule has 0 radical (unpaired) electrons. The van der Waals surface area contributed by atoms with Crippen LogP contribution in [0.25, 0.3) is 0 Å². The zero-order chi connectivity index (χ0) is 23.1. The molecule has 3 aromatic carbocycles. The van der Waals surface area contributed by atoms with Crippen molar-refractivity contribution in [1.82, 2.24) is 5.32 Å². The molecule has 0 fully saturated rings. The molecule has 1 N–H and O–H groups in total. The van der Waals surface area contributed by atoms with Gasteiger partial charge in [0.1, 0.15) is 6.54 Å². The number of thioether (sulfide) groups is 1. The Bertz CT molecular complexity index is 1170. The summed E-state index contributed by atoms with van der Waals surface area (Å²) in [6, 6.07) is 20.7. The highest BCUT2D eigenvalue weighted by atomic mass is 35.5. The van der Waals surface area contributed by atoms with Gasteiger partial charge in [-0.1, -0.05) is 65.2 Å². The molecule has 1 amide bonds. The molecule has 0 aliphatic heterocycles. The molecule has 0 spiro atoms. The average Bonchev–Trinajstić information content (AvgIpc) is 2.79. The summed E-state index contributed by atoms with van der Waals surface area (Å²) >= 11 is 14.0. The lowest BCUT2D eigenvalue weighted by Gasteiger charge is -2.25. The Morgan fingerprint density at radius 1 is 0.969 bits per heavy atom. The summed E-state index contributed by atoms with van der Waals surface area (Å²) < 4.78 is 27.6. The average molecular weight is 509 g/mol. The number of aryl methyl sites for hydroxylation is 1. The van der Waals surface area contributed by atoms with Crippen LogP contribution in [0.1, 0.15) is 5.56 Å². The van der Waals surface area contributed by atoms with Crippen molar-refractivity contribution in [3.8, 4) is 0 Å². The van der Waals surface area contributed by atoms with Crippen LogP contribution < -0.4 is 9.62 Å². The summed E-state index contributed by atoms with van der Waals surface area (Å²) in [6.07, 6.45) is 0. The maximum atomic E-state index is 13.3. The molecule has 0 atom stereocenters. The zero-order valence-corrected chi connectivity index (χ0v) is 20.4. The highest BCUT2D eigenvalue weighted by Crippen LogP contribution is 2.35. The van der Waals surface area contributed by atoms with E-state index in [1.807, 2.05) is 31.2 Å². The van der Waals surface area contributed by atoms with E-state index in [0.717, 1.165) is 9.20 Å². The number of benzene rings is 3. The molecule has 5 nitrogen and oxygen atoms in total. The summed E-state index contributed by atoms with van der Waals surface area (Å²) in [5.41, 5.74) is 1.33. The highest BCUT2D eigenvalue weighted by molar-refractivity contribution is 7.99. The van der Waals surface area contributed by atoms with E-state index < -0.39 is 22.5 Å². The van der Waals surface area contributed by atoms with E-state index in [4.69, 9.17) is 23.2 Å². The molecule has 0 saturated carbocycles. The number of anilines is 1. The lowest BCUT2D eigenvalue weighted by atomic mass is 10.2. The monoisotopic (exact) mass is 508 g/mol. The number of nitrogens with zero attached hydrogens (tertiary/aromatic N) is 1. The number of rotatable bonds is 9. The van der Waals surface area contributed by atoms with Gasteiger partial charge in [-0.05, 0) is 43.3 Å². The number of hydrogen-bond acceptors (Lipinski definition) is 4. The van der Waals surface area contributed by atoms with Crippen molar-refractivity contribution in [3.63, 3.8) is 0 Å². The van der Waals surface area contributed by atoms with Crippen molar-refractivity contribution >= 4 is 56.6 Å². The quantitative estimate of drug-likeness (QED) is 0.310. The third kappa shape index (κ3) is 6.19. The fraction of sp³-hybridized carbons (Fsp3) is 0.174. The molecule has 0 bridgehead atoms. The molecule has 0 aliphatic rings. The summed E-state index contributed by atoms with van der Waals surface area (Å²) in [7, 11) is -4.04. The van der Waals surface area contributed by atoms with Crippen LogP contribution in [0.15, 0.2) is 82.6 Å². The lowest BCUT2D eigenvalue weighted by Crippen LogP contribution is -2.41. The highest BCUT2D eigenvalue weighted by Gasteiger charge is 2.29. The molecular formula is C23H22Cl2N2O3S2. The van der Waals surface area contributed by atoms with Gasteiger partial charge in [0.2, 0.25) is 5.91 Å². The SMILES string of the molecule is Cc1ccc(SCCNC(=O)CN(c2cccc(Cl)c2Cl)S(=O)(=O)c2ccccc2)cc1. The molecule has 0 heterocycles. The van der Waals surface area contributed by atoms with Gasteiger partial charge in [0.15, 0.2) is 0 Å². The van der Waals surface area contributed by atoms with E-state index in [1.165, 1.54) is 23.8 Å². The van der Waals surface area contributed by atoms with Gasteiger partial charge in [-0.25, -0.2) is 8.42 Å². The molecule has 3 aromatic rings. The molecular weight excluding hydrogens is 487 g/mol. The van der Waals surface area contributed by atoms with Crippen molar-refractivity contribution in [2.75, 3.05) is 23.1 Å². The Labute approximate surface area is 202 Å². The Balaban J connectivity index is 1.73. The van der Waals surface area contributed by atoms with Gasteiger partial charge in [-0.15, -0.1) is 11.8 Å². The molecule has 0 saturated heterocycles. The Kier molecular flexibility index (Phi) is 8.48. The number of carbonyl (C=O) groups excluding carboxylic acids is 1. The van der Waals surface area contributed by atoms with Crippen molar-refractivity contribution in [1.29, 1.82) is 0 Å². The molecule has 32 heavy (non-hydrogen) atoms. The summed E-state index contributed by atoms with van der Waals surface area (Å²) in [6.45, 7) is 1.99. The van der Waals surface area contributed by atoms with Gasteiger partial charge >= 0.3 is 0 Å². The molecule has 9 heteroatoms. The van der Waals surface area contributed by atoms with Crippen LogP contribution in [0.2, 0.25) is 10.0 Å². The van der Waals surface area contributed by atoms with Gasteiger partial charge < -0.3 is 5.32 Å². The number of nitrogens with one attached hydrogen (secondary N) is 1. The second-order valence-electron chi connectivity index (χ2n) is 6.91. The fourth-order valence-electron chi connectivity index (χ4n) is 2.88. The van der Waals surface area contributed by atoms with Crippen LogP contribution in [0.4, 0.5) is 5.69 Å². The predicted molar refractivity (Wildman–Crippen MR) is 132 cm³/mol. The minimum Gasteiger partial charge on any atom is -0.354 e. The van der Waals surface area contributed by atoms with E-state index in [-0.39, 0.29) is 20.6 Å². The number of carbonyl (C=O) groups is 1. The largest absolute Gasteiger partial charge is 0.354 e. The Morgan fingerprint density at radius 2 is 1.66 bits per heavy atom. The van der Waals surface area contributed by atoms with Crippen LogP contribution in [0.5, 0.6) is 0 Å².